The van der Waals surface area contributed by atoms with Gasteiger partial charge in [0.15, 0.2) is 0 Å². The fraction of sp³-hybridized carbons (Fsp3) is 1.00. The van der Waals surface area contributed by atoms with Crippen LogP contribution in [0.2, 0.25) is 0 Å². The van der Waals surface area contributed by atoms with Crippen molar-refractivity contribution in [3.63, 3.8) is 0 Å². The molecule has 0 radical (unpaired) electrons. The standard InChI is InChI=1S/C15H28/c1-11-13-10-14(2,3)8-6-12(13)7-9-15(11,4)5/h11-13H,6-10H2,1-5H3. The second kappa shape index (κ2) is 3.50. The third-order valence-electron chi connectivity index (χ3n) is 5.62. The molecule has 88 valence electrons. The zero-order chi connectivity index (χ0) is 11.3. The Morgan fingerprint density at radius 2 is 1.53 bits per heavy atom. The summed E-state index contributed by atoms with van der Waals surface area (Å²) in [6.45, 7) is 12.4. The molecule has 0 aromatic rings. The van der Waals surface area contributed by atoms with Gasteiger partial charge in [-0.3, -0.25) is 0 Å². The summed E-state index contributed by atoms with van der Waals surface area (Å²) < 4.78 is 0. The summed E-state index contributed by atoms with van der Waals surface area (Å²) in [4.78, 5) is 0. The second-order valence-electron chi connectivity index (χ2n) is 7.65. The zero-order valence-electron chi connectivity index (χ0n) is 11.3. The minimum atomic E-state index is 0.592. The highest BCUT2D eigenvalue weighted by Crippen LogP contribution is 2.55. The summed E-state index contributed by atoms with van der Waals surface area (Å²) in [5.41, 5.74) is 1.21. The van der Waals surface area contributed by atoms with E-state index in [2.05, 4.69) is 34.6 Å². The van der Waals surface area contributed by atoms with Crippen molar-refractivity contribution in [2.24, 2.45) is 28.6 Å². The van der Waals surface area contributed by atoms with Crippen LogP contribution in [0.1, 0.15) is 66.7 Å². The first-order valence-electron chi connectivity index (χ1n) is 6.82. The van der Waals surface area contributed by atoms with E-state index >= 15 is 0 Å². The van der Waals surface area contributed by atoms with E-state index in [1.807, 2.05) is 0 Å². The van der Waals surface area contributed by atoms with Gasteiger partial charge in [0.25, 0.3) is 0 Å². The van der Waals surface area contributed by atoms with Gasteiger partial charge in [0.2, 0.25) is 0 Å². The van der Waals surface area contributed by atoms with E-state index in [4.69, 9.17) is 0 Å². The molecule has 2 aliphatic rings. The van der Waals surface area contributed by atoms with Crippen LogP contribution in [0.5, 0.6) is 0 Å². The Balaban J connectivity index is 2.14. The molecule has 0 amide bonds. The monoisotopic (exact) mass is 208 g/mol. The van der Waals surface area contributed by atoms with Gasteiger partial charge in [0, 0.05) is 0 Å². The lowest BCUT2D eigenvalue weighted by atomic mass is 9.53. The molecule has 2 rings (SSSR count). The van der Waals surface area contributed by atoms with Gasteiger partial charge >= 0.3 is 0 Å². The maximum atomic E-state index is 2.51. The molecule has 0 N–H and O–H groups in total. The number of rotatable bonds is 0. The minimum Gasteiger partial charge on any atom is -0.0617 e. The Morgan fingerprint density at radius 1 is 0.933 bits per heavy atom. The summed E-state index contributed by atoms with van der Waals surface area (Å²) in [6, 6.07) is 0. The number of hydrogen-bond acceptors (Lipinski definition) is 0. The molecule has 0 nitrogen and oxygen atoms in total. The Morgan fingerprint density at radius 3 is 2.20 bits per heavy atom. The Labute approximate surface area is 95.8 Å². The molecule has 2 fully saturated rings. The van der Waals surface area contributed by atoms with Crippen LogP contribution in [0, 0.1) is 28.6 Å². The molecule has 0 aromatic carbocycles. The predicted octanol–water partition coefficient (Wildman–Crippen LogP) is 4.89. The van der Waals surface area contributed by atoms with E-state index in [9.17, 15) is 0 Å². The van der Waals surface area contributed by atoms with Crippen molar-refractivity contribution in [2.75, 3.05) is 0 Å². The van der Waals surface area contributed by atoms with Crippen LogP contribution in [-0.2, 0) is 0 Å². The first kappa shape index (κ1) is 11.5. The predicted molar refractivity (Wildman–Crippen MR) is 66.8 cm³/mol. The largest absolute Gasteiger partial charge is 0.0617 e. The van der Waals surface area contributed by atoms with E-state index in [0.29, 0.717) is 10.8 Å². The number of hydrogen-bond donors (Lipinski definition) is 0. The summed E-state index contributed by atoms with van der Waals surface area (Å²) in [5.74, 6) is 2.99. The van der Waals surface area contributed by atoms with E-state index in [0.717, 1.165) is 17.8 Å². The quantitative estimate of drug-likeness (QED) is 0.532. The van der Waals surface area contributed by atoms with Crippen LogP contribution in [-0.4, -0.2) is 0 Å². The first-order valence-corrected chi connectivity index (χ1v) is 6.82. The number of fused-ring (bicyclic) bond motifs is 1. The van der Waals surface area contributed by atoms with Gasteiger partial charge in [0.1, 0.15) is 0 Å². The summed E-state index contributed by atoms with van der Waals surface area (Å²) in [6.07, 6.45) is 7.38. The molecule has 2 aliphatic carbocycles. The highest BCUT2D eigenvalue weighted by molar-refractivity contribution is 4.95. The molecule has 0 bridgehead atoms. The van der Waals surface area contributed by atoms with Gasteiger partial charge in [-0.25, -0.2) is 0 Å². The van der Waals surface area contributed by atoms with Crippen LogP contribution in [0.3, 0.4) is 0 Å². The average molecular weight is 208 g/mol. The molecule has 0 aliphatic heterocycles. The van der Waals surface area contributed by atoms with Crippen molar-refractivity contribution in [1.82, 2.24) is 0 Å². The van der Waals surface area contributed by atoms with Gasteiger partial charge in [-0.05, 0) is 60.7 Å². The lowest BCUT2D eigenvalue weighted by molar-refractivity contribution is -0.0209. The van der Waals surface area contributed by atoms with Gasteiger partial charge in [-0.15, -0.1) is 0 Å². The molecule has 0 spiro atoms. The summed E-state index contributed by atoms with van der Waals surface area (Å²) in [5, 5.41) is 0. The molecule has 0 heterocycles. The third-order valence-corrected chi connectivity index (χ3v) is 5.62. The smallest absolute Gasteiger partial charge is 0.0326 e. The molecular formula is C15H28. The fourth-order valence-corrected chi connectivity index (χ4v) is 4.01. The van der Waals surface area contributed by atoms with Gasteiger partial charge in [0.05, 0.1) is 0 Å². The normalized spacial score (nSPS) is 43.4. The molecular weight excluding hydrogens is 180 g/mol. The molecule has 3 atom stereocenters. The van der Waals surface area contributed by atoms with Crippen LogP contribution in [0.25, 0.3) is 0 Å². The average Bonchev–Trinajstić information content (AvgIpc) is 2.12. The Hall–Kier alpha value is 0. The van der Waals surface area contributed by atoms with E-state index in [-0.39, 0.29) is 0 Å². The molecule has 0 saturated heterocycles. The Bertz CT molecular complexity index is 234. The Kier molecular flexibility index (Phi) is 2.68. The van der Waals surface area contributed by atoms with Crippen molar-refractivity contribution >= 4 is 0 Å². The topological polar surface area (TPSA) is 0 Å². The SMILES string of the molecule is CC1C2CC(C)(C)CCC2CCC1(C)C. The van der Waals surface area contributed by atoms with Crippen LogP contribution in [0.15, 0.2) is 0 Å². The van der Waals surface area contributed by atoms with Crippen molar-refractivity contribution in [3.05, 3.63) is 0 Å². The summed E-state index contributed by atoms with van der Waals surface area (Å²) in [7, 11) is 0. The van der Waals surface area contributed by atoms with Crippen LogP contribution in [0.4, 0.5) is 0 Å². The van der Waals surface area contributed by atoms with Crippen molar-refractivity contribution in [3.8, 4) is 0 Å². The molecule has 15 heavy (non-hydrogen) atoms. The first-order chi connectivity index (χ1) is 6.82. The second-order valence-corrected chi connectivity index (χ2v) is 7.65. The van der Waals surface area contributed by atoms with Crippen molar-refractivity contribution in [2.45, 2.75) is 66.7 Å². The molecule has 2 saturated carbocycles. The van der Waals surface area contributed by atoms with Crippen molar-refractivity contribution in [1.29, 1.82) is 0 Å². The van der Waals surface area contributed by atoms with Crippen LogP contribution >= 0.6 is 0 Å². The van der Waals surface area contributed by atoms with E-state index < -0.39 is 0 Å². The highest BCUT2D eigenvalue weighted by atomic mass is 14.5. The fourth-order valence-electron chi connectivity index (χ4n) is 4.01. The summed E-state index contributed by atoms with van der Waals surface area (Å²) >= 11 is 0. The molecule has 0 heteroatoms. The third kappa shape index (κ3) is 2.10. The maximum Gasteiger partial charge on any atom is -0.0326 e. The molecule has 0 aromatic heterocycles. The zero-order valence-corrected chi connectivity index (χ0v) is 11.3. The molecule has 3 unspecified atom stereocenters. The van der Waals surface area contributed by atoms with Crippen molar-refractivity contribution < 1.29 is 0 Å². The van der Waals surface area contributed by atoms with Gasteiger partial charge < -0.3 is 0 Å². The van der Waals surface area contributed by atoms with E-state index in [1.165, 1.54) is 32.1 Å². The minimum absolute atomic E-state index is 0.592. The van der Waals surface area contributed by atoms with Gasteiger partial charge in [-0.2, -0.15) is 0 Å². The van der Waals surface area contributed by atoms with Gasteiger partial charge in [-0.1, -0.05) is 34.6 Å². The lowest BCUT2D eigenvalue weighted by Crippen LogP contribution is -2.43. The van der Waals surface area contributed by atoms with E-state index in [1.54, 1.807) is 0 Å². The van der Waals surface area contributed by atoms with Crippen LogP contribution < -0.4 is 0 Å². The maximum absolute atomic E-state index is 2.51. The lowest BCUT2D eigenvalue weighted by Gasteiger charge is -2.52. The highest BCUT2D eigenvalue weighted by Gasteiger charge is 2.45.